The summed E-state index contributed by atoms with van der Waals surface area (Å²) < 4.78 is 0. The van der Waals surface area contributed by atoms with E-state index in [0.717, 1.165) is 23.9 Å². The number of benzene rings is 1. The highest BCUT2D eigenvalue weighted by Gasteiger charge is 2.08. The lowest BCUT2D eigenvalue weighted by molar-refractivity contribution is 0.596. The standard InChI is InChI=1S/C20H27ClN2/c1-2-3-4-5-6-9-15-23(20-13-7-8-14-22-20)17-18-11-10-12-19(21)16-18/h7-8,10-14,16H,2-6,9,15,17H2,1H3. The van der Waals surface area contributed by atoms with Crippen LogP contribution in [0.5, 0.6) is 0 Å². The molecule has 1 aromatic heterocycles. The maximum atomic E-state index is 6.12. The van der Waals surface area contributed by atoms with Crippen LogP contribution < -0.4 is 4.90 Å². The fourth-order valence-electron chi connectivity index (χ4n) is 2.75. The van der Waals surface area contributed by atoms with Crippen molar-refractivity contribution in [2.24, 2.45) is 0 Å². The maximum Gasteiger partial charge on any atom is 0.128 e. The molecule has 0 spiro atoms. The summed E-state index contributed by atoms with van der Waals surface area (Å²) in [6, 6.07) is 14.2. The van der Waals surface area contributed by atoms with Crippen LogP contribution in [-0.4, -0.2) is 11.5 Å². The van der Waals surface area contributed by atoms with Crippen molar-refractivity contribution in [1.82, 2.24) is 4.98 Å². The normalized spacial score (nSPS) is 10.7. The molecular formula is C20H27ClN2. The van der Waals surface area contributed by atoms with Crippen molar-refractivity contribution in [2.75, 3.05) is 11.4 Å². The van der Waals surface area contributed by atoms with E-state index in [1.807, 2.05) is 30.5 Å². The van der Waals surface area contributed by atoms with Crippen molar-refractivity contribution in [3.8, 4) is 0 Å². The Bertz CT molecular complexity index is 557. The maximum absolute atomic E-state index is 6.12. The van der Waals surface area contributed by atoms with Crippen LogP contribution in [0.2, 0.25) is 5.02 Å². The molecule has 23 heavy (non-hydrogen) atoms. The van der Waals surface area contributed by atoms with Crippen molar-refractivity contribution < 1.29 is 0 Å². The van der Waals surface area contributed by atoms with Gasteiger partial charge < -0.3 is 4.90 Å². The van der Waals surface area contributed by atoms with Crippen LogP contribution in [0.1, 0.15) is 51.0 Å². The number of anilines is 1. The second-order valence-electron chi connectivity index (χ2n) is 6.01. The van der Waals surface area contributed by atoms with Gasteiger partial charge in [-0.3, -0.25) is 0 Å². The van der Waals surface area contributed by atoms with Gasteiger partial charge in [0.25, 0.3) is 0 Å². The zero-order valence-corrected chi connectivity index (χ0v) is 14.8. The van der Waals surface area contributed by atoms with Gasteiger partial charge in [-0.2, -0.15) is 0 Å². The molecule has 0 fully saturated rings. The lowest BCUT2D eigenvalue weighted by Gasteiger charge is -2.24. The van der Waals surface area contributed by atoms with Gasteiger partial charge in [0.2, 0.25) is 0 Å². The largest absolute Gasteiger partial charge is 0.352 e. The molecule has 0 atom stereocenters. The minimum absolute atomic E-state index is 0.794. The second-order valence-corrected chi connectivity index (χ2v) is 6.44. The Balaban J connectivity index is 1.93. The highest BCUT2D eigenvalue weighted by atomic mass is 35.5. The van der Waals surface area contributed by atoms with E-state index in [4.69, 9.17) is 11.6 Å². The van der Waals surface area contributed by atoms with Crippen molar-refractivity contribution in [2.45, 2.75) is 52.0 Å². The summed E-state index contributed by atoms with van der Waals surface area (Å²) in [5, 5.41) is 0.794. The Morgan fingerprint density at radius 2 is 1.78 bits per heavy atom. The molecule has 1 heterocycles. The van der Waals surface area contributed by atoms with E-state index in [9.17, 15) is 0 Å². The summed E-state index contributed by atoms with van der Waals surface area (Å²) in [7, 11) is 0. The number of rotatable bonds is 10. The number of pyridine rings is 1. The quantitative estimate of drug-likeness (QED) is 0.489. The Morgan fingerprint density at radius 3 is 2.52 bits per heavy atom. The third kappa shape index (κ3) is 6.62. The van der Waals surface area contributed by atoms with Crippen molar-refractivity contribution in [1.29, 1.82) is 0 Å². The van der Waals surface area contributed by atoms with Gasteiger partial charge in [-0.1, -0.05) is 68.8 Å². The fourth-order valence-corrected chi connectivity index (χ4v) is 2.97. The molecule has 0 unspecified atom stereocenters. The zero-order valence-electron chi connectivity index (χ0n) is 14.0. The van der Waals surface area contributed by atoms with Crippen LogP contribution in [-0.2, 0) is 6.54 Å². The van der Waals surface area contributed by atoms with E-state index >= 15 is 0 Å². The highest BCUT2D eigenvalue weighted by molar-refractivity contribution is 6.30. The number of halogens is 1. The number of hydrogen-bond donors (Lipinski definition) is 0. The monoisotopic (exact) mass is 330 g/mol. The first-order chi connectivity index (χ1) is 11.3. The van der Waals surface area contributed by atoms with Gasteiger partial charge in [-0.25, -0.2) is 4.98 Å². The van der Waals surface area contributed by atoms with E-state index in [1.165, 1.54) is 44.1 Å². The summed E-state index contributed by atoms with van der Waals surface area (Å²) in [5.41, 5.74) is 1.23. The van der Waals surface area contributed by atoms with Crippen LogP contribution >= 0.6 is 11.6 Å². The van der Waals surface area contributed by atoms with Gasteiger partial charge in [0.15, 0.2) is 0 Å². The first-order valence-corrected chi connectivity index (χ1v) is 9.08. The van der Waals surface area contributed by atoms with Crippen LogP contribution in [0, 0.1) is 0 Å². The minimum Gasteiger partial charge on any atom is -0.352 e. The molecule has 0 aliphatic heterocycles. The highest BCUT2D eigenvalue weighted by Crippen LogP contribution is 2.18. The zero-order chi connectivity index (χ0) is 16.3. The molecular weight excluding hydrogens is 304 g/mol. The predicted molar refractivity (Wildman–Crippen MR) is 100 cm³/mol. The Morgan fingerprint density at radius 1 is 0.957 bits per heavy atom. The molecule has 0 aliphatic carbocycles. The second kappa shape index (κ2) is 10.3. The molecule has 0 radical (unpaired) electrons. The molecule has 0 saturated carbocycles. The third-order valence-corrected chi connectivity index (χ3v) is 4.25. The van der Waals surface area contributed by atoms with Gasteiger partial charge in [0.05, 0.1) is 0 Å². The number of aromatic nitrogens is 1. The van der Waals surface area contributed by atoms with E-state index in [2.05, 4.69) is 35.0 Å². The SMILES string of the molecule is CCCCCCCCN(Cc1cccc(Cl)c1)c1ccccn1. The summed E-state index contributed by atoms with van der Waals surface area (Å²) in [4.78, 5) is 6.87. The lowest BCUT2D eigenvalue weighted by Crippen LogP contribution is -2.24. The van der Waals surface area contributed by atoms with Crippen LogP contribution in [0.4, 0.5) is 5.82 Å². The van der Waals surface area contributed by atoms with Crippen molar-refractivity contribution in [3.63, 3.8) is 0 Å². The topological polar surface area (TPSA) is 16.1 Å². The van der Waals surface area contributed by atoms with Gasteiger partial charge in [0, 0.05) is 24.3 Å². The van der Waals surface area contributed by atoms with Gasteiger partial charge in [0.1, 0.15) is 5.82 Å². The van der Waals surface area contributed by atoms with Gasteiger partial charge in [-0.15, -0.1) is 0 Å². The van der Waals surface area contributed by atoms with Gasteiger partial charge in [-0.05, 0) is 36.2 Å². The first kappa shape index (κ1) is 17.8. The minimum atomic E-state index is 0.794. The molecule has 2 rings (SSSR count). The summed E-state index contributed by atoms with van der Waals surface area (Å²) in [6.45, 7) is 4.15. The molecule has 2 aromatic rings. The smallest absolute Gasteiger partial charge is 0.128 e. The van der Waals surface area contributed by atoms with E-state index in [-0.39, 0.29) is 0 Å². The molecule has 0 aliphatic rings. The molecule has 124 valence electrons. The summed E-state index contributed by atoms with van der Waals surface area (Å²) in [5.74, 6) is 1.04. The Hall–Kier alpha value is -1.54. The Labute approximate surface area is 145 Å². The molecule has 0 N–H and O–H groups in total. The van der Waals surface area contributed by atoms with Crippen molar-refractivity contribution in [3.05, 3.63) is 59.2 Å². The predicted octanol–water partition coefficient (Wildman–Crippen LogP) is 6.10. The van der Waals surface area contributed by atoms with Gasteiger partial charge >= 0.3 is 0 Å². The average molecular weight is 331 g/mol. The number of unbranched alkanes of at least 4 members (excludes halogenated alkanes) is 5. The van der Waals surface area contributed by atoms with Crippen LogP contribution in [0.15, 0.2) is 48.7 Å². The summed E-state index contributed by atoms with van der Waals surface area (Å²) in [6.07, 6.45) is 9.71. The first-order valence-electron chi connectivity index (χ1n) is 8.70. The molecule has 1 aromatic carbocycles. The third-order valence-electron chi connectivity index (χ3n) is 4.02. The molecule has 0 saturated heterocycles. The summed E-state index contributed by atoms with van der Waals surface area (Å²) >= 11 is 6.12. The Kier molecular flexibility index (Phi) is 7.96. The van der Waals surface area contributed by atoms with Crippen LogP contribution in [0.3, 0.4) is 0 Å². The van der Waals surface area contributed by atoms with E-state index in [0.29, 0.717) is 0 Å². The molecule has 3 heteroatoms. The van der Waals surface area contributed by atoms with E-state index in [1.54, 1.807) is 0 Å². The van der Waals surface area contributed by atoms with Crippen molar-refractivity contribution >= 4 is 17.4 Å². The van der Waals surface area contributed by atoms with E-state index < -0.39 is 0 Å². The molecule has 0 bridgehead atoms. The van der Waals surface area contributed by atoms with Crippen LogP contribution in [0.25, 0.3) is 0 Å². The average Bonchev–Trinajstić information content (AvgIpc) is 2.58. The fraction of sp³-hybridized carbons (Fsp3) is 0.450. The number of hydrogen-bond acceptors (Lipinski definition) is 2. The molecule has 0 amide bonds. The lowest BCUT2D eigenvalue weighted by atomic mass is 10.1. The number of nitrogens with zero attached hydrogens (tertiary/aromatic N) is 2. The molecule has 2 nitrogen and oxygen atoms in total.